The zero-order valence-electron chi connectivity index (χ0n) is 59.3. The molecule has 0 spiro atoms. The average Bonchev–Trinajstić information content (AvgIpc) is 3.54. The molecule has 2 unspecified atom stereocenters. The monoisotopic (exact) mass is 1340 g/mol. The van der Waals surface area contributed by atoms with Crippen LogP contribution in [-0.2, 0) is 65.4 Å². The van der Waals surface area contributed by atoms with Gasteiger partial charge in [0.25, 0.3) is 0 Å². The predicted molar refractivity (Wildman–Crippen MR) is 368 cm³/mol. The first-order chi connectivity index (χ1) is 43.7. The van der Waals surface area contributed by atoms with Crippen LogP contribution in [0.5, 0.6) is 0 Å². The van der Waals surface area contributed by atoms with E-state index < -0.39 is 97.5 Å². The zero-order valence-corrected chi connectivity index (χ0v) is 61.1. The molecule has 0 aromatic rings. The van der Waals surface area contributed by atoms with E-state index in [4.69, 9.17) is 37.0 Å². The van der Waals surface area contributed by atoms with Gasteiger partial charge in [-0.05, 0) is 43.4 Å². The molecule has 0 fully saturated rings. The molecular weight excluding hydrogens is 1200 g/mol. The Morgan fingerprint density at radius 3 is 0.747 bits per heavy atom. The fourth-order valence-electron chi connectivity index (χ4n) is 10.9. The number of carbonyl (C=O) groups is 4. The Morgan fingerprint density at radius 2 is 0.505 bits per heavy atom. The summed E-state index contributed by atoms with van der Waals surface area (Å²) in [5.74, 6) is 0.159. The quantitative estimate of drug-likeness (QED) is 0.0222. The zero-order chi connectivity index (χ0) is 67.3. The number of carbonyl (C=O) groups excluding carboxylic acids is 4. The first kappa shape index (κ1) is 89.1. The van der Waals surface area contributed by atoms with Crippen LogP contribution in [0.3, 0.4) is 0 Å². The van der Waals surface area contributed by atoms with Gasteiger partial charge in [0.1, 0.15) is 19.3 Å². The van der Waals surface area contributed by atoms with Gasteiger partial charge in [-0.2, -0.15) is 0 Å². The van der Waals surface area contributed by atoms with Crippen LogP contribution in [0.1, 0.15) is 363 Å². The minimum Gasteiger partial charge on any atom is -0.462 e. The van der Waals surface area contributed by atoms with E-state index in [-0.39, 0.29) is 25.7 Å². The summed E-state index contributed by atoms with van der Waals surface area (Å²) in [5, 5.41) is 10.6. The molecule has 540 valence electrons. The summed E-state index contributed by atoms with van der Waals surface area (Å²) < 4.78 is 68.3. The summed E-state index contributed by atoms with van der Waals surface area (Å²) in [6.07, 6.45) is 47.3. The molecule has 5 atom stereocenters. The van der Waals surface area contributed by atoms with E-state index in [0.717, 1.165) is 114 Å². The van der Waals surface area contributed by atoms with Gasteiger partial charge in [-0.25, -0.2) is 9.13 Å². The first-order valence-corrected chi connectivity index (χ1v) is 40.3. The van der Waals surface area contributed by atoms with Gasteiger partial charge in [-0.15, -0.1) is 0 Å². The summed E-state index contributed by atoms with van der Waals surface area (Å²) in [6.45, 7) is 11.8. The number of phosphoric acid groups is 2. The van der Waals surface area contributed by atoms with Crippen molar-refractivity contribution in [2.24, 2.45) is 17.8 Å². The van der Waals surface area contributed by atoms with E-state index in [0.29, 0.717) is 25.7 Å². The minimum absolute atomic E-state index is 0.104. The van der Waals surface area contributed by atoms with Crippen LogP contribution >= 0.6 is 15.6 Å². The second-order valence-electron chi connectivity index (χ2n) is 27.4. The molecule has 0 radical (unpaired) electrons. The smallest absolute Gasteiger partial charge is 0.462 e. The largest absolute Gasteiger partial charge is 0.472 e. The Hall–Kier alpha value is -1.94. The lowest BCUT2D eigenvalue weighted by atomic mass is 10.0. The number of hydrogen-bond donors (Lipinski definition) is 3. The average molecular weight is 1340 g/mol. The number of phosphoric ester groups is 2. The van der Waals surface area contributed by atoms with Gasteiger partial charge >= 0.3 is 39.5 Å². The number of aliphatic hydroxyl groups excluding tert-OH is 1. The molecule has 3 N–H and O–H groups in total. The molecular formula is C72H140O17P2. The molecule has 0 aliphatic carbocycles. The van der Waals surface area contributed by atoms with Crippen LogP contribution in [0.25, 0.3) is 0 Å². The number of ether oxygens (including phenoxy) is 4. The van der Waals surface area contributed by atoms with Crippen LogP contribution in [0.15, 0.2) is 0 Å². The lowest BCUT2D eigenvalue weighted by molar-refractivity contribution is -0.161. The third-order valence-electron chi connectivity index (χ3n) is 16.6. The van der Waals surface area contributed by atoms with Crippen molar-refractivity contribution in [3.8, 4) is 0 Å². The maximum absolute atomic E-state index is 13.0. The molecule has 0 bridgehead atoms. The molecule has 0 rings (SSSR count). The number of aliphatic hydroxyl groups is 1. The van der Waals surface area contributed by atoms with Crippen LogP contribution in [0, 0.1) is 17.8 Å². The third-order valence-corrected chi connectivity index (χ3v) is 18.5. The number of hydrogen-bond acceptors (Lipinski definition) is 15. The molecule has 91 heavy (non-hydrogen) atoms. The van der Waals surface area contributed by atoms with Crippen LogP contribution in [0.4, 0.5) is 0 Å². The van der Waals surface area contributed by atoms with E-state index in [1.807, 2.05) is 0 Å². The van der Waals surface area contributed by atoms with Crippen molar-refractivity contribution in [3.05, 3.63) is 0 Å². The summed E-state index contributed by atoms with van der Waals surface area (Å²) in [6, 6.07) is 0. The van der Waals surface area contributed by atoms with Crippen molar-refractivity contribution >= 4 is 39.5 Å². The summed E-state index contributed by atoms with van der Waals surface area (Å²) in [5.41, 5.74) is 0. The topological polar surface area (TPSA) is 237 Å². The van der Waals surface area contributed by atoms with E-state index >= 15 is 0 Å². The molecule has 0 aromatic heterocycles. The number of esters is 4. The molecule has 0 aromatic carbocycles. The second kappa shape index (κ2) is 62.8. The SMILES string of the molecule is CCCCCCCCCCC(=O)OC[C@H](COP(=O)(O)OC[C@H](O)COP(=O)(O)OC[C@@H](COC(=O)CCCCCCCCCCCCC(C)C)OC(=O)CCCCCCCCCCCCCCCCCCC(C)C)OC(=O)CCCCCCCCCCC(C)C. The normalized spacial score (nSPS) is 14.2. The molecule has 0 saturated heterocycles. The lowest BCUT2D eigenvalue weighted by Gasteiger charge is -2.21. The highest BCUT2D eigenvalue weighted by Gasteiger charge is 2.30. The Morgan fingerprint density at radius 1 is 0.297 bits per heavy atom. The van der Waals surface area contributed by atoms with Gasteiger partial charge in [0.2, 0.25) is 0 Å². The van der Waals surface area contributed by atoms with Crippen molar-refractivity contribution < 1.29 is 80.2 Å². The van der Waals surface area contributed by atoms with Crippen molar-refractivity contribution in [3.63, 3.8) is 0 Å². The highest BCUT2D eigenvalue weighted by Crippen LogP contribution is 2.45. The maximum atomic E-state index is 13.0. The fraction of sp³-hybridized carbons (Fsp3) is 0.944. The van der Waals surface area contributed by atoms with E-state index in [9.17, 15) is 43.2 Å². The highest BCUT2D eigenvalue weighted by molar-refractivity contribution is 7.47. The molecule has 0 heterocycles. The third kappa shape index (κ3) is 66.5. The molecule has 19 heteroatoms. The number of rotatable bonds is 70. The van der Waals surface area contributed by atoms with E-state index in [1.165, 1.54) is 167 Å². The van der Waals surface area contributed by atoms with Gasteiger partial charge < -0.3 is 33.8 Å². The van der Waals surface area contributed by atoms with Crippen molar-refractivity contribution in [2.75, 3.05) is 39.6 Å². The summed E-state index contributed by atoms with van der Waals surface area (Å²) in [4.78, 5) is 72.5. The van der Waals surface area contributed by atoms with Gasteiger partial charge in [-0.1, -0.05) is 312 Å². The summed E-state index contributed by atoms with van der Waals surface area (Å²) >= 11 is 0. The number of unbranched alkanes of at least 4 members (excludes halogenated alkanes) is 38. The van der Waals surface area contributed by atoms with Gasteiger partial charge in [0, 0.05) is 25.7 Å². The van der Waals surface area contributed by atoms with Gasteiger partial charge in [0.05, 0.1) is 26.4 Å². The van der Waals surface area contributed by atoms with E-state index in [1.54, 1.807) is 0 Å². The van der Waals surface area contributed by atoms with Crippen LogP contribution < -0.4 is 0 Å². The maximum Gasteiger partial charge on any atom is 0.472 e. The molecule has 17 nitrogen and oxygen atoms in total. The molecule has 0 aliphatic rings. The van der Waals surface area contributed by atoms with Crippen molar-refractivity contribution in [1.29, 1.82) is 0 Å². The van der Waals surface area contributed by atoms with Crippen LogP contribution in [-0.4, -0.2) is 96.7 Å². The minimum atomic E-state index is -4.95. The Kier molecular flexibility index (Phi) is 61.5. The van der Waals surface area contributed by atoms with E-state index in [2.05, 4.69) is 48.5 Å². The highest BCUT2D eigenvalue weighted by atomic mass is 31.2. The van der Waals surface area contributed by atoms with Crippen molar-refractivity contribution in [1.82, 2.24) is 0 Å². The fourth-order valence-corrected chi connectivity index (χ4v) is 12.5. The predicted octanol–water partition coefficient (Wildman–Crippen LogP) is 20.6. The first-order valence-electron chi connectivity index (χ1n) is 37.3. The Labute approximate surface area is 556 Å². The molecule has 0 aliphatic heterocycles. The Bertz CT molecular complexity index is 1780. The molecule has 0 amide bonds. The van der Waals surface area contributed by atoms with Crippen molar-refractivity contribution in [2.45, 2.75) is 381 Å². The van der Waals surface area contributed by atoms with Gasteiger partial charge in [0.15, 0.2) is 12.2 Å². The summed E-state index contributed by atoms with van der Waals surface area (Å²) in [7, 11) is -9.90. The lowest BCUT2D eigenvalue weighted by Crippen LogP contribution is -2.30. The van der Waals surface area contributed by atoms with Gasteiger partial charge in [-0.3, -0.25) is 37.3 Å². The standard InChI is InChI=1S/C72H140O17P2/c1-8-9-10-11-12-32-39-46-53-69(74)82-59-67(89-72(77)56-49-42-35-28-27-31-38-45-52-65(6)7)61-86-90(78,79)84-57-66(73)58-85-91(80,81)87-62-68(60-83-70(75)54-47-40-33-25-22-21-24-30-37-44-51-64(4)5)88-71(76)55-48-41-34-26-20-18-16-14-13-15-17-19-23-29-36-43-50-63(2)3/h63-68,73H,8-62H2,1-7H3,(H,78,79)(H,80,81)/t66-,67+,68+/m0/s1. The second-order valence-corrected chi connectivity index (χ2v) is 30.3. The Balaban J connectivity index is 5.20. The molecule has 0 saturated carbocycles. The van der Waals surface area contributed by atoms with Crippen LogP contribution in [0.2, 0.25) is 0 Å².